The third-order valence-corrected chi connectivity index (χ3v) is 8.69. The van der Waals surface area contributed by atoms with E-state index in [1.807, 2.05) is 6.08 Å². The summed E-state index contributed by atoms with van der Waals surface area (Å²) in [5.74, 6) is 0. The van der Waals surface area contributed by atoms with Crippen molar-refractivity contribution in [3.05, 3.63) is 12.2 Å². The number of allylic oxidation sites excluding steroid dienone is 2. The van der Waals surface area contributed by atoms with Crippen molar-refractivity contribution in [3.63, 3.8) is 0 Å². The predicted octanol–water partition coefficient (Wildman–Crippen LogP) is 2.08. The molecule has 0 bridgehead atoms. The minimum Gasteiger partial charge on any atom is -0.377 e. The van der Waals surface area contributed by atoms with Gasteiger partial charge in [-0.3, -0.25) is 0 Å². The molecule has 0 fully saturated rings. The van der Waals surface area contributed by atoms with Gasteiger partial charge in [0.25, 0.3) is 0 Å². The Morgan fingerprint density at radius 2 is 1.10 bits per heavy atom. The maximum atomic E-state index is 5.37. The van der Waals surface area contributed by atoms with Crippen LogP contribution in [0.15, 0.2) is 12.2 Å². The van der Waals surface area contributed by atoms with E-state index >= 15 is 0 Å². The van der Waals surface area contributed by atoms with Crippen LogP contribution in [0.4, 0.5) is 0 Å². The van der Waals surface area contributed by atoms with Crippen molar-refractivity contribution in [2.45, 2.75) is 24.9 Å². The fourth-order valence-electron chi connectivity index (χ4n) is 1.84. The highest BCUT2D eigenvalue weighted by Gasteiger charge is 2.37. The second kappa shape index (κ2) is 10.6. The first-order valence-electron chi connectivity index (χ1n) is 6.53. The number of unbranched alkanes of at least 4 members (excludes halogenated alkanes) is 1. The Kier molecular flexibility index (Phi) is 10.6. The molecule has 0 aromatic rings. The van der Waals surface area contributed by atoms with Gasteiger partial charge in [-0.15, -0.1) is 0 Å². The van der Waals surface area contributed by atoms with E-state index in [9.17, 15) is 0 Å². The second-order valence-corrected chi connectivity index (χ2v) is 10.2. The van der Waals surface area contributed by atoms with Gasteiger partial charge in [0, 0.05) is 54.7 Å². The molecule has 8 heteroatoms. The molecule has 0 saturated heterocycles. The minimum atomic E-state index is -2.49. The first-order chi connectivity index (χ1) is 9.57. The molecule has 0 unspecified atom stereocenters. The quantitative estimate of drug-likeness (QED) is 0.311. The van der Waals surface area contributed by atoms with Gasteiger partial charge in [-0.2, -0.15) is 0 Å². The Morgan fingerprint density at radius 3 is 1.50 bits per heavy atom. The lowest BCUT2D eigenvalue weighted by Gasteiger charge is -2.24. The van der Waals surface area contributed by atoms with Gasteiger partial charge < -0.3 is 26.6 Å². The lowest BCUT2D eigenvalue weighted by Crippen LogP contribution is -2.42. The summed E-state index contributed by atoms with van der Waals surface area (Å²) in [4.78, 5) is 0. The summed E-state index contributed by atoms with van der Waals surface area (Å²) in [6.07, 6.45) is 6.00. The van der Waals surface area contributed by atoms with Gasteiger partial charge in [0.15, 0.2) is 0 Å². The average Bonchev–Trinajstić information content (AvgIpc) is 2.52. The molecule has 0 spiro atoms. The maximum Gasteiger partial charge on any atom is 0.504 e. The van der Waals surface area contributed by atoms with Crippen molar-refractivity contribution in [2.75, 3.05) is 42.7 Å². The Morgan fingerprint density at radius 1 is 0.650 bits per heavy atom. The topological polar surface area (TPSA) is 55.4 Å². The SMILES string of the molecule is CO[Si](CC=CCCC[Si](OC)(OC)OC)(OC)OC. The van der Waals surface area contributed by atoms with Gasteiger partial charge in [-0.05, 0) is 12.8 Å². The average molecular weight is 325 g/mol. The molecule has 0 rings (SSSR count). The molecule has 0 amide bonds. The molecule has 6 nitrogen and oxygen atoms in total. The fraction of sp³-hybridized carbons (Fsp3) is 0.833. The Balaban J connectivity index is 4.09. The third-order valence-electron chi connectivity index (χ3n) is 3.25. The highest BCUT2D eigenvalue weighted by molar-refractivity contribution is 6.61. The van der Waals surface area contributed by atoms with Crippen molar-refractivity contribution < 1.29 is 26.6 Å². The van der Waals surface area contributed by atoms with Gasteiger partial charge in [0.05, 0.1) is 0 Å². The monoisotopic (exact) mass is 324 g/mol. The molecule has 120 valence electrons. The molecule has 0 N–H and O–H groups in total. The molecule has 20 heavy (non-hydrogen) atoms. The van der Waals surface area contributed by atoms with E-state index < -0.39 is 17.6 Å². The normalized spacial score (nSPS) is 13.3. The lowest BCUT2D eigenvalue weighted by molar-refractivity contribution is 0.123. The molecular formula is C12H28O6Si2. The first kappa shape index (κ1) is 19.9. The number of hydrogen-bond acceptors (Lipinski definition) is 6. The largest absolute Gasteiger partial charge is 0.504 e. The number of hydrogen-bond donors (Lipinski definition) is 0. The summed E-state index contributed by atoms with van der Waals surface area (Å²) >= 11 is 0. The summed E-state index contributed by atoms with van der Waals surface area (Å²) in [5, 5.41) is 0. The molecular weight excluding hydrogens is 296 g/mol. The smallest absolute Gasteiger partial charge is 0.377 e. The van der Waals surface area contributed by atoms with Gasteiger partial charge in [0.1, 0.15) is 0 Å². The first-order valence-corrected chi connectivity index (χ1v) is 10.4. The predicted molar refractivity (Wildman–Crippen MR) is 81.6 cm³/mol. The maximum absolute atomic E-state index is 5.37. The summed E-state index contributed by atoms with van der Waals surface area (Å²) < 4.78 is 32.1. The molecule has 0 atom stereocenters. The van der Waals surface area contributed by atoms with Gasteiger partial charge in [0.2, 0.25) is 0 Å². The summed E-state index contributed by atoms with van der Waals surface area (Å²) in [6.45, 7) is 0. The molecule has 0 radical (unpaired) electrons. The molecule has 0 heterocycles. The van der Waals surface area contributed by atoms with Crippen LogP contribution in [0.5, 0.6) is 0 Å². The van der Waals surface area contributed by atoms with Crippen molar-refractivity contribution in [1.29, 1.82) is 0 Å². The summed E-state index contributed by atoms with van der Waals surface area (Å²) in [7, 11) is 4.81. The van der Waals surface area contributed by atoms with Crippen molar-refractivity contribution in [3.8, 4) is 0 Å². The minimum absolute atomic E-state index is 0.665. The number of rotatable bonds is 12. The third kappa shape index (κ3) is 6.14. The van der Waals surface area contributed by atoms with Crippen LogP contribution in [0.3, 0.4) is 0 Å². The van der Waals surface area contributed by atoms with E-state index in [-0.39, 0.29) is 0 Å². The van der Waals surface area contributed by atoms with Gasteiger partial charge in [-0.1, -0.05) is 12.2 Å². The molecule has 0 saturated carbocycles. The summed E-state index contributed by atoms with van der Waals surface area (Å²) in [6, 6.07) is 1.46. The highest BCUT2D eigenvalue weighted by atomic mass is 28.4. The molecule has 0 aromatic carbocycles. The van der Waals surface area contributed by atoms with Crippen LogP contribution in [0.1, 0.15) is 12.8 Å². The van der Waals surface area contributed by atoms with Crippen molar-refractivity contribution in [2.24, 2.45) is 0 Å². The van der Waals surface area contributed by atoms with E-state index in [0.29, 0.717) is 6.04 Å². The Hall–Kier alpha value is -0.0662. The van der Waals surface area contributed by atoms with E-state index in [2.05, 4.69) is 6.08 Å². The highest BCUT2D eigenvalue weighted by Crippen LogP contribution is 2.17. The van der Waals surface area contributed by atoms with Crippen LogP contribution in [-0.2, 0) is 26.6 Å². The molecule has 0 aliphatic rings. The van der Waals surface area contributed by atoms with Gasteiger partial charge >= 0.3 is 17.6 Å². The zero-order valence-electron chi connectivity index (χ0n) is 13.4. The Bertz CT molecular complexity index is 250. The van der Waals surface area contributed by atoms with E-state index in [0.717, 1.165) is 18.9 Å². The molecule has 0 aromatic heterocycles. The van der Waals surface area contributed by atoms with Crippen LogP contribution in [-0.4, -0.2) is 60.3 Å². The standard InChI is InChI=1S/C12H28O6Si2/c1-13-19(14-2,15-3)11-9-7-8-10-12-20(16-4,17-5)18-6/h7,9H,8,10-12H2,1-6H3. The van der Waals surface area contributed by atoms with E-state index in [4.69, 9.17) is 26.6 Å². The van der Waals surface area contributed by atoms with Crippen LogP contribution in [0.2, 0.25) is 12.1 Å². The Labute approximate surface area is 124 Å². The van der Waals surface area contributed by atoms with Crippen LogP contribution < -0.4 is 0 Å². The van der Waals surface area contributed by atoms with E-state index in [1.54, 1.807) is 42.7 Å². The lowest BCUT2D eigenvalue weighted by atomic mass is 10.3. The zero-order valence-corrected chi connectivity index (χ0v) is 15.4. The van der Waals surface area contributed by atoms with Crippen LogP contribution >= 0.6 is 0 Å². The fourth-order valence-corrected chi connectivity index (χ4v) is 5.04. The van der Waals surface area contributed by atoms with Crippen LogP contribution in [0, 0.1) is 0 Å². The summed E-state index contributed by atoms with van der Waals surface area (Å²) in [5.41, 5.74) is 0. The van der Waals surface area contributed by atoms with E-state index in [1.165, 1.54) is 0 Å². The zero-order chi connectivity index (χ0) is 15.5. The van der Waals surface area contributed by atoms with Gasteiger partial charge in [-0.25, -0.2) is 0 Å². The van der Waals surface area contributed by atoms with Crippen LogP contribution in [0.25, 0.3) is 0 Å². The second-order valence-electron chi connectivity index (χ2n) is 4.16. The molecule has 0 aliphatic heterocycles. The molecule has 0 aliphatic carbocycles. The van der Waals surface area contributed by atoms with Crippen molar-refractivity contribution >= 4 is 17.6 Å². The van der Waals surface area contributed by atoms with Crippen molar-refractivity contribution in [1.82, 2.24) is 0 Å².